The molecule has 1 nitrogen and oxygen atoms in total. The number of nitrogens with one attached hydrogen (secondary N) is 1. The minimum absolute atomic E-state index is 0.236. The monoisotopic (exact) mass is 359 g/mol. The maximum Gasteiger partial charge on any atom is 0.143 e. The van der Waals surface area contributed by atoms with Crippen LogP contribution < -0.4 is 5.32 Å². The van der Waals surface area contributed by atoms with Crippen LogP contribution in [0.4, 0.5) is 8.78 Å². The number of halogens is 3. The third-order valence-electron chi connectivity index (χ3n) is 4.42. The summed E-state index contributed by atoms with van der Waals surface area (Å²) in [4.78, 5) is 0. The largest absolute Gasteiger partial charge is 0.314 e. The third kappa shape index (κ3) is 4.49. The zero-order valence-electron chi connectivity index (χ0n) is 12.6. The van der Waals surface area contributed by atoms with Gasteiger partial charge in [0.1, 0.15) is 11.6 Å². The van der Waals surface area contributed by atoms with Crippen molar-refractivity contribution in [3.63, 3.8) is 0 Å². The fourth-order valence-corrected chi connectivity index (χ4v) is 3.62. The highest BCUT2D eigenvalue weighted by Gasteiger charge is 2.26. The van der Waals surface area contributed by atoms with E-state index < -0.39 is 11.6 Å². The summed E-state index contributed by atoms with van der Waals surface area (Å²) in [5.74, 6) is -0.542. The Morgan fingerprint density at radius 2 is 1.95 bits per heavy atom. The molecule has 1 fully saturated rings. The summed E-state index contributed by atoms with van der Waals surface area (Å²) in [5, 5.41) is 3.58. The van der Waals surface area contributed by atoms with Crippen molar-refractivity contribution in [3.8, 4) is 0 Å². The zero-order valence-corrected chi connectivity index (χ0v) is 14.2. The van der Waals surface area contributed by atoms with E-state index in [1.54, 1.807) is 0 Å². The Morgan fingerprint density at radius 3 is 2.71 bits per heavy atom. The molecular weight excluding hydrogens is 336 g/mol. The van der Waals surface area contributed by atoms with Gasteiger partial charge in [-0.25, -0.2) is 8.78 Å². The lowest BCUT2D eigenvalue weighted by Gasteiger charge is -2.27. The molecule has 1 aliphatic carbocycles. The van der Waals surface area contributed by atoms with Gasteiger partial charge >= 0.3 is 0 Å². The fraction of sp³-hybridized carbons (Fsp3) is 0.647. The molecule has 0 heterocycles. The van der Waals surface area contributed by atoms with Gasteiger partial charge in [-0.2, -0.15) is 0 Å². The van der Waals surface area contributed by atoms with E-state index in [9.17, 15) is 8.78 Å². The lowest BCUT2D eigenvalue weighted by atomic mass is 9.88. The molecule has 21 heavy (non-hydrogen) atoms. The molecule has 2 unspecified atom stereocenters. The Bertz CT molecular complexity index is 464. The van der Waals surface area contributed by atoms with Crippen LogP contribution in [0.3, 0.4) is 0 Å². The van der Waals surface area contributed by atoms with E-state index in [2.05, 4.69) is 28.2 Å². The molecular formula is C17H24BrF2N. The Morgan fingerprint density at radius 1 is 1.19 bits per heavy atom. The lowest BCUT2D eigenvalue weighted by molar-refractivity contribution is 0.326. The molecule has 0 saturated heterocycles. The van der Waals surface area contributed by atoms with Crippen LogP contribution in [0.25, 0.3) is 0 Å². The third-order valence-corrected chi connectivity index (χ3v) is 5.03. The summed E-state index contributed by atoms with van der Waals surface area (Å²) in [6.45, 7) is 3.12. The molecule has 1 N–H and O–H groups in total. The predicted octanol–water partition coefficient (Wildman–Crippen LogP) is 5.22. The summed E-state index contributed by atoms with van der Waals surface area (Å²) in [6.07, 6.45) is 7.33. The molecule has 1 aromatic carbocycles. The van der Waals surface area contributed by atoms with Crippen molar-refractivity contribution in [2.75, 3.05) is 6.54 Å². The summed E-state index contributed by atoms with van der Waals surface area (Å²) < 4.78 is 28.5. The molecule has 4 heteroatoms. The van der Waals surface area contributed by atoms with Crippen molar-refractivity contribution in [2.24, 2.45) is 5.92 Å². The van der Waals surface area contributed by atoms with Crippen LogP contribution in [0.5, 0.6) is 0 Å². The van der Waals surface area contributed by atoms with Crippen molar-refractivity contribution in [1.82, 2.24) is 5.32 Å². The second-order valence-electron chi connectivity index (χ2n) is 5.98. The smallest absolute Gasteiger partial charge is 0.143 e. The van der Waals surface area contributed by atoms with E-state index in [1.165, 1.54) is 25.0 Å². The second kappa shape index (κ2) is 8.23. The topological polar surface area (TPSA) is 12.0 Å². The van der Waals surface area contributed by atoms with Crippen molar-refractivity contribution in [1.29, 1.82) is 0 Å². The molecule has 0 aliphatic heterocycles. The molecule has 0 aromatic heterocycles. The molecule has 0 bridgehead atoms. The number of hydrogen-bond donors (Lipinski definition) is 1. The molecule has 1 aliphatic rings. The molecule has 0 spiro atoms. The van der Waals surface area contributed by atoms with Crippen LogP contribution in [0.2, 0.25) is 0 Å². The lowest BCUT2D eigenvalue weighted by Crippen LogP contribution is -2.37. The minimum Gasteiger partial charge on any atom is -0.314 e. The van der Waals surface area contributed by atoms with Gasteiger partial charge in [0.25, 0.3) is 0 Å². The van der Waals surface area contributed by atoms with Crippen LogP contribution in [0, 0.1) is 17.6 Å². The van der Waals surface area contributed by atoms with Gasteiger partial charge in [-0.3, -0.25) is 0 Å². The SMILES string of the molecule is CCCNC1CCCCCC1Cc1c(F)ccc(Br)c1F. The first-order valence-electron chi connectivity index (χ1n) is 7.99. The second-order valence-corrected chi connectivity index (χ2v) is 6.84. The quantitative estimate of drug-likeness (QED) is 0.561. The van der Waals surface area contributed by atoms with Crippen LogP contribution >= 0.6 is 15.9 Å². The summed E-state index contributed by atoms with van der Waals surface area (Å²) in [6, 6.07) is 3.17. The van der Waals surface area contributed by atoms with Crippen LogP contribution in [0.1, 0.15) is 51.0 Å². The van der Waals surface area contributed by atoms with Gasteiger partial charge in [0.2, 0.25) is 0 Å². The van der Waals surface area contributed by atoms with Gasteiger partial charge in [0, 0.05) is 11.6 Å². The number of rotatable bonds is 5. The molecule has 0 radical (unpaired) electrons. The van der Waals surface area contributed by atoms with E-state index in [4.69, 9.17) is 0 Å². The van der Waals surface area contributed by atoms with E-state index in [0.717, 1.165) is 32.2 Å². The Kier molecular flexibility index (Phi) is 6.62. The molecule has 1 aromatic rings. The van der Waals surface area contributed by atoms with Crippen LogP contribution in [-0.4, -0.2) is 12.6 Å². The predicted molar refractivity (Wildman–Crippen MR) is 86.4 cm³/mol. The average molecular weight is 360 g/mol. The van der Waals surface area contributed by atoms with Gasteiger partial charge in [-0.1, -0.05) is 26.2 Å². The molecule has 2 atom stereocenters. The minimum atomic E-state index is -0.437. The Hall–Kier alpha value is -0.480. The van der Waals surface area contributed by atoms with Crippen molar-refractivity contribution in [3.05, 3.63) is 33.8 Å². The first-order chi connectivity index (χ1) is 10.1. The molecule has 2 rings (SSSR count). The van der Waals surface area contributed by atoms with Crippen LogP contribution in [-0.2, 0) is 6.42 Å². The first kappa shape index (κ1) is 16.9. The Labute approximate surface area is 134 Å². The summed E-state index contributed by atoms with van der Waals surface area (Å²) in [5.41, 5.74) is 0.236. The van der Waals surface area contributed by atoms with Gasteiger partial charge in [-0.15, -0.1) is 0 Å². The zero-order chi connectivity index (χ0) is 15.2. The highest BCUT2D eigenvalue weighted by Crippen LogP contribution is 2.30. The first-order valence-corrected chi connectivity index (χ1v) is 8.78. The average Bonchev–Trinajstić information content (AvgIpc) is 2.70. The highest BCUT2D eigenvalue weighted by atomic mass is 79.9. The van der Waals surface area contributed by atoms with Crippen molar-refractivity contribution < 1.29 is 8.78 Å². The summed E-state index contributed by atoms with van der Waals surface area (Å²) >= 11 is 3.16. The van der Waals surface area contributed by atoms with Gasteiger partial charge in [0.05, 0.1) is 4.47 Å². The normalized spacial score (nSPS) is 23.0. The molecule has 0 amide bonds. The molecule has 1 saturated carbocycles. The maximum absolute atomic E-state index is 14.2. The maximum atomic E-state index is 14.2. The number of hydrogen-bond acceptors (Lipinski definition) is 1. The molecule has 118 valence electrons. The van der Waals surface area contributed by atoms with Crippen molar-refractivity contribution >= 4 is 15.9 Å². The van der Waals surface area contributed by atoms with E-state index >= 15 is 0 Å². The van der Waals surface area contributed by atoms with E-state index in [-0.39, 0.29) is 5.56 Å². The highest BCUT2D eigenvalue weighted by molar-refractivity contribution is 9.10. The summed E-state index contributed by atoms with van der Waals surface area (Å²) in [7, 11) is 0. The number of benzene rings is 1. The van der Waals surface area contributed by atoms with E-state index in [0.29, 0.717) is 22.9 Å². The van der Waals surface area contributed by atoms with E-state index in [1.807, 2.05) is 0 Å². The van der Waals surface area contributed by atoms with Crippen molar-refractivity contribution in [2.45, 2.75) is 57.9 Å². The standard InChI is InChI=1S/C17H24BrF2N/c1-2-10-21-16-7-5-3-4-6-12(16)11-13-15(19)9-8-14(18)17(13)20/h8-9,12,16,21H,2-7,10-11H2,1H3. The van der Waals surface area contributed by atoms with Gasteiger partial charge in [0.15, 0.2) is 0 Å². The Balaban J connectivity index is 2.16. The van der Waals surface area contributed by atoms with Crippen LogP contribution in [0.15, 0.2) is 16.6 Å². The van der Waals surface area contributed by atoms with Gasteiger partial charge < -0.3 is 5.32 Å². The van der Waals surface area contributed by atoms with Gasteiger partial charge in [-0.05, 0) is 66.2 Å². The fourth-order valence-electron chi connectivity index (χ4n) is 3.25.